The van der Waals surface area contributed by atoms with Crippen molar-refractivity contribution in [3.63, 3.8) is 0 Å². The van der Waals surface area contributed by atoms with Crippen molar-refractivity contribution in [2.75, 3.05) is 0 Å². The Labute approximate surface area is 204 Å². The van der Waals surface area contributed by atoms with Crippen LogP contribution in [0.5, 0.6) is 0 Å². The van der Waals surface area contributed by atoms with E-state index in [2.05, 4.69) is 103 Å². The molecule has 0 atom stereocenters. The maximum absolute atomic E-state index is 4.87. The van der Waals surface area contributed by atoms with Crippen molar-refractivity contribution >= 4 is 10.8 Å². The molecule has 2 heterocycles. The fraction of sp³-hybridized carbons (Fsp3) is 0.400. The molecule has 0 N–H and O–H groups in total. The molecule has 4 rings (SSSR count). The Kier molecular flexibility index (Phi) is 6.79. The van der Waals surface area contributed by atoms with Crippen molar-refractivity contribution in [2.24, 2.45) is 18.9 Å². The zero-order valence-corrected chi connectivity index (χ0v) is 21.9. The molecule has 0 radical (unpaired) electrons. The van der Waals surface area contributed by atoms with E-state index in [0.717, 1.165) is 35.9 Å². The highest BCUT2D eigenvalue weighted by Gasteiger charge is 2.19. The highest BCUT2D eigenvalue weighted by molar-refractivity contribution is 5.95. The highest BCUT2D eigenvalue weighted by Crippen LogP contribution is 2.32. The van der Waals surface area contributed by atoms with Crippen molar-refractivity contribution in [1.82, 2.24) is 15.0 Å². The standard InChI is InChI=1S/C30H37N4/c1-18(2)13-27-31-28(14-19(3)4)33-30(32-27)24-9-10-25-23(17-24)11-12-34(8)29(25)26-16-20(5)15-21(6)22(26)7/h9-12,15-19H,13-14H2,1-8H3/q+1. The average molecular weight is 454 g/mol. The Morgan fingerprint density at radius 3 is 2.06 bits per heavy atom. The third-order valence-corrected chi connectivity index (χ3v) is 6.37. The van der Waals surface area contributed by atoms with Gasteiger partial charge in [-0.1, -0.05) is 45.4 Å². The van der Waals surface area contributed by atoms with Crippen LogP contribution in [-0.2, 0) is 19.9 Å². The van der Waals surface area contributed by atoms with Gasteiger partial charge in [0.25, 0.3) is 0 Å². The van der Waals surface area contributed by atoms with Gasteiger partial charge < -0.3 is 0 Å². The number of hydrogen-bond donors (Lipinski definition) is 0. The molecule has 0 amide bonds. The van der Waals surface area contributed by atoms with Gasteiger partial charge in [-0.05, 0) is 67.3 Å². The first-order valence-electron chi connectivity index (χ1n) is 12.4. The number of hydrogen-bond acceptors (Lipinski definition) is 3. The molecule has 34 heavy (non-hydrogen) atoms. The summed E-state index contributed by atoms with van der Waals surface area (Å²) in [4.78, 5) is 14.5. The zero-order chi connectivity index (χ0) is 24.6. The summed E-state index contributed by atoms with van der Waals surface area (Å²) in [7, 11) is 2.13. The lowest BCUT2D eigenvalue weighted by Crippen LogP contribution is -2.30. The highest BCUT2D eigenvalue weighted by atomic mass is 15.0. The van der Waals surface area contributed by atoms with Crippen LogP contribution in [0.3, 0.4) is 0 Å². The second-order valence-electron chi connectivity index (χ2n) is 10.5. The molecular weight excluding hydrogens is 416 g/mol. The molecule has 0 aliphatic carbocycles. The number of benzene rings is 2. The van der Waals surface area contributed by atoms with Gasteiger partial charge in [0.2, 0.25) is 5.69 Å². The Bertz CT molecular complexity index is 1320. The predicted octanol–water partition coefficient (Wildman–Crippen LogP) is 6.51. The minimum atomic E-state index is 0.502. The number of aryl methyl sites for hydroxylation is 3. The van der Waals surface area contributed by atoms with Crippen LogP contribution in [0.1, 0.15) is 56.0 Å². The molecule has 0 spiro atoms. The maximum atomic E-state index is 4.87. The van der Waals surface area contributed by atoms with Crippen molar-refractivity contribution in [1.29, 1.82) is 0 Å². The van der Waals surface area contributed by atoms with Crippen LogP contribution in [0.25, 0.3) is 33.4 Å². The largest absolute Gasteiger partial charge is 0.220 e. The first-order valence-corrected chi connectivity index (χ1v) is 12.4. The molecule has 0 saturated carbocycles. The molecule has 2 aromatic heterocycles. The lowest BCUT2D eigenvalue weighted by atomic mass is 9.94. The topological polar surface area (TPSA) is 42.6 Å². The first kappa shape index (κ1) is 24.0. The summed E-state index contributed by atoms with van der Waals surface area (Å²) in [6.07, 6.45) is 3.88. The van der Waals surface area contributed by atoms with E-state index in [1.165, 1.54) is 38.7 Å². The van der Waals surface area contributed by atoms with E-state index in [4.69, 9.17) is 15.0 Å². The van der Waals surface area contributed by atoms with E-state index in [1.54, 1.807) is 0 Å². The van der Waals surface area contributed by atoms with Gasteiger partial charge in [0.1, 0.15) is 18.7 Å². The molecule has 0 saturated heterocycles. The summed E-state index contributed by atoms with van der Waals surface area (Å²) < 4.78 is 2.23. The van der Waals surface area contributed by atoms with Crippen molar-refractivity contribution in [2.45, 2.75) is 61.3 Å². The molecular formula is C30H37N4+. The fourth-order valence-electron chi connectivity index (χ4n) is 4.64. The third-order valence-electron chi connectivity index (χ3n) is 6.37. The fourth-order valence-corrected chi connectivity index (χ4v) is 4.64. The molecule has 0 fully saturated rings. The minimum Gasteiger partial charge on any atom is -0.218 e. The van der Waals surface area contributed by atoms with Gasteiger partial charge in [-0.2, -0.15) is 0 Å². The number of nitrogens with zero attached hydrogens (tertiary/aromatic N) is 4. The second kappa shape index (κ2) is 9.61. The molecule has 0 aliphatic rings. The van der Waals surface area contributed by atoms with E-state index >= 15 is 0 Å². The van der Waals surface area contributed by atoms with Gasteiger partial charge in [-0.25, -0.2) is 19.5 Å². The van der Waals surface area contributed by atoms with Gasteiger partial charge in [-0.3, -0.25) is 0 Å². The van der Waals surface area contributed by atoms with Crippen molar-refractivity contribution in [3.8, 4) is 22.6 Å². The second-order valence-corrected chi connectivity index (χ2v) is 10.5. The Morgan fingerprint density at radius 2 is 1.44 bits per heavy atom. The summed E-state index contributed by atoms with van der Waals surface area (Å²) in [5, 5.41) is 2.43. The van der Waals surface area contributed by atoms with E-state index < -0.39 is 0 Å². The molecule has 176 valence electrons. The quantitative estimate of drug-likeness (QED) is 0.313. The van der Waals surface area contributed by atoms with Crippen LogP contribution in [0, 0.1) is 32.6 Å². The molecule has 2 aromatic carbocycles. The SMILES string of the molecule is Cc1cc(C)c(C)c(-c2c3ccc(-c4nc(CC(C)C)nc(CC(C)C)n4)cc3cc[n+]2C)c1. The molecule has 4 nitrogen and oxygen atoms in total. The average Bonchev–Trinajstić information content (AvgIpc) is 2.75. The third kappa shape index (κ3) is 5.01. The summed E-state index contributed by atoms with van der Waals surface area (Å²) in [6, 6.07) is 13.4. The van der Waals surface area contributed by atoms with E-state index in [9.17, 15) is 0 Å². The van der Waals surface area contributed by atoms with E-state index in [0.29, 0.717) is 11.8 Å². The predicted molar refractivity (Wildman–Crippen MR) is 141 cm³/mol. The van der Waals surface area contributed by atoms with Crippen molar-refractivity contribution < 1.29 is 4.57 Å². The van der Waals surface area contributed by atoms with Gasteiger partial charge >= 0.3 is 0 Å². The molecule has 0 aliphatic heterocycles. The monoisotopic (exact) mass is 453 g/mol. The molecule has 0 bridgehead atoms. The van der Waals surface area contributed by atoms with Crippen LogP contribution in [0.4, 0.5) is 0 Å². The summed E-state index contributed by atoms with van der Waals surface area (Å²) in [5.41, 5.74) is 7.51. The van der Waals surface area contributed by atoms with Crippen LogP contribution in [0.2, 0.25) is 0 Å². The molecule has 4 aromatic rings. The van der Waals surface area contributed by atoms with E-state index in [-0.39, 0.29) is 0 Å². The lowest BCUT2D eigenvalue weighted by Gasteiger charge is -2.13. The summed E-state index contributed by atoms with van der Waals surface area (Å²) >= 11 is 0. The van der Waals surface area contributed by atoms with Gasteiger partial charge in [0.15, 0.2) is 12.0 Å². The number of pyridine rings is 1. The van der Waals surface area contributed by atoms with Crippen LogP contribution >= 0.6 is 0 Å². The number of fused-ring (bicyclic) bond motifs is 1. The van der Waals surface area contributed by atoms with Gasteiger partial charge in [0.05, 0.1) is 10.9 Å². The van der Waals surface area contributed by atoms with Crippen molar-refractivity contribution in [3.05, 3.63) is 70.9 Å². The summed E-state index contributed by atoms with van der Waals surface area (Å²) in [5.74, 6) is 3.56. The zero-order valence-electron chi connectivity index (χ0n) is 21.9. The van der Waals surface area contributed by atoms with Gasteiger partial charge in [0, 0.05) is 24.5 Å². The lowest BCUT2D eigenvalue weighted by molar-refractivity contribution is -0.659. The minimum absolute atomic E-state index is 0.502. The Morgan fingerprint density at radius 1 is 0.794 bits per heavy atom. The van der Waals surface area contributed by atoms with Crippen LogP contribution in [0.15, 0.2) is 42.6 Å². The first-order chi connectivity index (χ1) is 16.1. The van der Waals surface area contributed by atoms with Gasteiger partial charge in [-0.15, -0.1) is 0 Å². The van der Waals surface area contributed by atoms with Crippen LogP contribution < -0.4 is 4.57 Å². The molecule has 0 unspecified atom stereocenters. The maximum Gasteiger partial charge on any atom is 0.220 e. The summed E-state index contributed by atoms with van der Waals surface area (Å²) in [6.45, 7) is 15.4. The Balaban J connectivity index is 1.87. The van der Waals surface area contributed by atoms with E-state index in [1.807, 2.05) is 0 Å². The normalized spacial score (nSPS) is 11.7. The molecule has 4 heteroatoms. The Hall–Kier alpha value is -3.14. The number of rotatable bonds is 6. The smallest absolute Gasteiger partial charge is 0.218 e. The number of aromatic nitrogens is 4. The van der Waals surface area contributed by atoms with Crippen LogP contribution in [-0.4, -0.2) is 15.0 Å².